The van der Waals surface area contributed by atoms with Crippen LogP contribution in [0.5, 0.6) is 0 Å². The van der Waals surface area contributed by atoms with Gasteiger partial charge in [-0.1, -0.05) is 29.8 Å². The van der Waals surface area contributed by atoms with Crippen molar-refractivity contribution in [3.05, 3.63) is 58.9 Å². The standard InChI is InChI=1S/C18H17ClFNO3S/c1-11-5-3-4-6-16(11)25-10-17(22)24-12(2)18(23)21-15-8-7-13(19)9-14(15)20/h3-9,12H,10H2,1-2H3,(H,21,23)/t12-/m0/s1. The molecule has 2 aromatic carbocycles. The summed E-state index contributed by atoms with van der Waals surface area (Å²) < 4.78 is 18.8. The molecule has 2 rings (SSSR count). The first-order chi connectivity index (χ1) is 11.9. The highest BCUT2D eigenvalue weighted by Gasteiger charge is 2.19. The van der Waals surface area contributed by atoms with Gasteiger partial charge in [0.25, 0.3) is 5.91 Å². The van der Waals surface area contributed by atoms with Crippen molar-refractivity contribution in [1.29, 1.82) is 0 Å². The van der Waals surface area contributed by atoms with Gasteiger partial charge < -0.3 is 10.1 Å². The van der Waals surface area contributed by atoms with E-state index in [9.17, 15) is 14.0 Å². The number of amides is 1. The van der Waals surface area contributed by atoms with Gasteiger partial charge in [-0.2, -0.15) is 0 Å². The molecule has 0 heterocycles. The van der Waals surface area contributed by atoms with E-state index in [4.69, 9.17) is 16.3 Å². The van der Waals surface area contributed by atoms with Crippen LogP contribution in [0.25, 0.3) is 0 Å². The van der Waals surface area contributed by atoms with Crippen LogP contribution < -0.4 is 5.32 Å². The van der Waals surface area contributed by atoms with Crippen LogP contribution in [-0.2, 0) is 14.3 Å². The van der Waals surface area contributed by atoms with Crippen molar-refractivity contribution >= 4 is 40.9 Å². The number of anilines is 1. The zero-order valence-electron chi connectivity index (χ0n) is 13.7. The molecule has 0 fully saturated rings. The second kappa shape index (κ2) is 8.87. The minimum Gasteiger partial charge on any atom is -0.452 e. The van der Waals surface area contributed by atoms with E-state index in [0.29, 0.717) is 0 Å². The van der Waals surface area contributed by atoms with Gasteiger partial charge in [-0.3, -0.25) is 9.59 Å². The summed E-state index contributed by atoms with van der Waals surface area (Å²) >= 11 is 6.99. The third-order valence-corrected chi connectivity index (χ3v) is 4.69. The number of hydrogen-bond donors (Lipinski definition) is 1. The Bertz CT molecular complexity index is 785. The second-order valence-electron chi connectivity index (χ2n) is 5.30. The normalized spacial score (nSPS) is 11.7. The number of carbonyl (C=O) groups excluding carboxylic acids is 2. The van der Waals surface area contributed by atoms with Gasteiger partial charge in [0.05, 0.1) is 11.4 Å². The van der Waals surface area contributed by atoms with Crippen molar-refractivity contribution < 1.29 is 18.7 Å². The molecule has 0 saturated heterocycles. The summed E-state index contributed by atoms with van der Waals surface area (Å²) in [6.07, 6.45) is -1.04. The molecule has 2 aromatic rings. The summed E-state index contributed by atoms with van der Waals surface area (Å²) in [5.74, 6) is -1.71. The highest BCUT2D eigenvalue weighted by atomic mass is 35.5. The molecule has 0 spiro atoms. The Morgan fingerprint density at radius 1 is 1.28 bits per heavy atom. The highest BCUT2D eigenvalue weighted by molar-refractivity contribution is 8.00. The van der Waals surface area contributed by atoms with Gasteiger partial charge in [0, 0.05) is 9.92 Å². The average Bonchev–Trinajstić information content (AvgIpc) is 2.56. The topological polar surface area (TPSA) is 55.4 Å². The molecule has 1 amide bonds. The number of halogens is 2. The number of aryl methyl sites for hydroxylation is 1. The van der Waals surface area contributed by atoms with Crippen LogP contribution in [0.1, 0.15) is 12.5 Å². The third kappa shape index (κ3) is 5.76. The van der Waals surface area contributed by atoms with E-state index in [2.05, 4.69) is 5.32 Å². The number of hydrogen-bond acceptors (Lipinski definition) is 4. The molecule has 0 radical (unpaired) electrons. The monoisotopic (exact) mass is 381 g/mol. The van der Waals surface area contributed by atoms with Gasteiger partial charge in [-0.05, 0) is 43.7 Å². The zero-order valence-corrected chi connectivity index (χ0v) is 15.3. The van der Waals surface area contributed by atoms with E-state index < -0.39 is 23.8 Å². The maximum atomic E-state index is 13.7. The van der Waals surface area contributed by atoms with Crippen LogP contribution >= 0.6 is 23.4 Å². The van der Waals surface area contributed by atoms with Crippen molar-refractivity contribution in [3.8, 4) is 0 Å². The Balaban J connectivity index is 1.85. The van der Waals surface area contributed by atoms with Crippen molar-refractivity contribution in [1.82, 2.24) is 0 Å². The van der Waals surface area contributed by atoms with Gasteiger partial charge >= 0.3 is 5.97 Å². The maximum absolute atomic E-state index is 13.7. The average molecular weight is 382 g/mol. The van der Waals surface area contributed by atoms with E-state index in [1.807, 2.05) is 31.2 Å². The Morgan fingerprint density at radius 2 is 2.00 bits per heavy atom. The molecule has 4 nitrogen and oxygen atoms in total. The quantitative estimate of drug-likeness (QED) is 0.593. The summed E-state index contributed by atoms with van der Waals surface area (Å²) in [4.78, 5) is 24.9. The molecular formula is C18H17ClFNO3S. The third-order valence-electron chi connectivity index (χ3n) is 3.31. The lowest BCUT2D eigenvalue weighted by molar-refractivity contribution is -0.150. The highest BCUT2D eigenvalue weighted by Crippen LogP contribution is 2.22. The van der Waals surface area contributed by atoms with Crippen LogP contribution in [-0.4, -0.2) is 23.7 Å². The van der Waals surface area contributed by atoms with Crippen LogP contribution in [0, 0.1) is 12.7 Å². The number of ether oxygens (including phenoxy) is 1. The Morgan fingerprint density at radius 3 is 2.68 bits per heavy atom. The molecule has 25 heavy (non-hydrogen) atoms. The van der Waals surface area contributed by atoms with Gasteiger partial charge in [-0.15, -0.1) is 11.8 Å². The summed E-state index contributed by atoms with van der Waals surface area (Å²) in [7, 11) is 0. The lowest BCUT2D eigenvalue weighted by atomic mass is 10.2. The lowest BCUT2D eigenvalue weighted by Crippen LogP contribution is -2.30. The van der Waals surface area contributed by atoms with Crippen molar-refractivity contribution in [2.75, 3.05) is 11.1 Å². The van der Waals surface area contributed by atoms with Crippen LogP contribution in [0.15, 0.2) is 47.4 Å². The van der Waals surface area contributed by atoms with E-state index >= 15 is 0 Å². The molecule has 0 aliphatic rings. The summed E-state index contributed by atoms with van der Waals surface area (Å²) in [6, 6.07) is 11.6. The van der Waals surface area contributed by atoms with E-state index in [-0.39, 0.29) is 16.5 Å². The second-order valence-corrected chi connectivity index (χ2v) is 6.75. The molecule has 0 aromatic heterocycles. The predicted molar refractivity (Wildman–Crippen MR) is 97.5 cm³/mol. The Kier molecular flexibility index (Phi) is 6.84. The lowest BCUT2D eigenvalue weighted by Gasteiger charge is -2.14. The first kappa shape index (κ1) is 19.3. The van der Waals surface area contributed by atoms with E-state index in [1.54, 1.807) is 0 Å². The van der Waals surface area contributed by atoms with Gasteiger partial charge in [0.2, 0.25) is 0 Å². The number of rotatable bonds is 6. The van der Waals surface area contributed by atoms with E-state index in [0.717, 1.165) is 16.5 Å². The Labute approximate surface area is 154 Å². The van der Waals surface area contributed by atoms with Crippen LogP contribution in [0.3, 0.4) is 0 Å². The molecule has 0 aliphatic carbocycles. The number of thioether (sulfide) groups is 1. The fraction of sp³-hybridized carbons (Fsp3) is 0.222. The van der Waals surface area contributed by atoms with Gasteiger partial charge in [-0.25, -0.2) is 4.39 Å². The van der Waals surface area contributed by atoms with Crippen LogP contribution in [0.2, 0.25) is 5.02 Å². The molecule has 1 atom stereocenters. The number of carbonyl (C=O) groups is 2. The first-order valence-corrected chi connectivity index (χ1v) is 8.87. The molecule has 0 aliphatic heterocycles. The Hall–Kier alpha value is -2.05. The van der Waals surface area contributed by atoms with Crippen molar-refractivity contribution in [3.63, 3.8) is 0 Å². The maximum Gasteiger partial charge on any atom is 0.317 e. The SMILES string of the molecule is Cc1ccccc1SCC(=O)O[C@@H](C)C(=O)Nc1ccc(Cl)cc1F. The fourth-order valence-electron chi connectivity index (χ4n) is 1.96. The summed E-state index contributed by atoms with van der Waals surface area (Å²) in [6.45, 7) is 3.38. The van der Waals surface area contributed by atoms with Crippen molar-refractivity contribution in [2.45, 2.75) is 24.8 Å². The molecule has 0 unspecified atom stereocenters. The smallest absolute Gasteiger partial charge is 0.317 e. The number of esters is 1. The van der Waals surface area contributed by atoms with Gasteiger partial charge in [0.1, 0.15) is 5.82 Å². The minimum absolute atomic E-state index is 0.0217. The number of nitrogens with one attached hydrogen (secondary N) is 1. The van der Waals surface area contributed by atoms with Crippen molar-refractivity contribution in [2.24, 2.45) is 0 Å². The summed E-state index contributed by atoms with van der Waals surface area (Å²) in [5, 5.41) is 2.59. The fourth-order valence-corrected chi connectivity index (χ4v) is 2.94. The molecule has 0 saturated carbocycles. The zero-order chi connectivity index (χ0) is 18.4. The molecule has 1 N–H and O–H groups in total. The van der Waals surface area contributed by atoms with E-state index in [1.165, 1.54) is 30.8 Å². The van der Waals surface area contributed by atoms with Gasteiger partial charge in [0.15, 0.2) is 6.10 Å². The largest absolute Gasteiger partial charge is 0.452 e. The predicted octanol–water partition coefficient (Wildman–Crippen LogP) is 4.45. The number of benzene rings is 2. The minimum atomic E-state index is -1.04. The molecule has 132 valence electrons. The molecule has 7 heteroatoms. The molecule has 0 bridgehead atoms. The first-order valence-electron chi connectivity index (χ1n) is 7.50. The summed E-state index contributed by atoms with van der Waals surface area (Å²) in [5.41, 5.74) is 1.04. The van der Waals surface area contributed by atoms with Crippen LogP contribution in [0.4, 0.5) is 10.1 Å². The molecular weight excluding hydrogens is 365 g/mol.